The molecule has 124 valence electrons. The summed E-state index contributed by atoms with van der Waals surface area (Å²) in [6.07, 6.45) is 1.99. The molecule has 0 aliphatic carbocycles. The molecule has 2 rings (SSSR count). The Bertz CT molecular complexity index is 652. The van der Waals surface area contributed by atoms with Crippen LogP contribution < -0.4 is 14.8 Å². The molecule has 0 saturated carbocycles. The van der Waals surface area contributed by atoms with E-state index in [0.29, 0.717) is 17.3 Å². The third-order valence-corrected chi connectivity index (χ3v) is 3.37. The Morgan fingerprint density at radius 3 is 2.70 bits per heavy atom. The molecule has 23 heavy (non-hydrogen) atoms. The van der Waals surface area contributed by atoms with Gasteiger partial charge in [-0.15, -0.1) is 0 Å². The van der Waals surface area contributed by atoms with Gasteiger partial charge in [0.25, 0.3) is 0 Å². The van der Waals surface area contributed by atoms with E-state index in [1.165, 1.54) is 6.07 Å². The number of hydrogen-bond donors (Lipinski definition) is 2. The fourth-order valence-corrected chi connectivity index (χ4v) is 2.29. The Morgan fingerprint density at radius 1 is 1.35 bits per heavy atom. The molecule has 6 nitrogen and oxygen atoms in total. The molecular weight excluding hydrogens is 298 g/mol. The number of carbonyl (C=O) groups is 1. The number of aromatic carboxylic acids is 1. The number of nitrogens with one attached hydrogen (secondary N) is 1. The second-order valence-electron chi connectivity index (χ2n) is 5.03. The van der Waals surface area contributed by atoms with Crippen LogP contribution in [0.3, 0.4) is 0 Å². The van der Waals surface area contributed by atoms with Gasteiger partial charge >= 0.3 is 5.97 Å². The summed E-state index contributed by atoms with van der Waals surface area (Å²) in [7, 11) is 3.40. The fraction of sp³-hybridized carbons (Fsp3) is 0.353. The Balaban J connectivity index is 2.21. The summed E-state index contributed by atoms with van der Waals surface area (Å²) in [5.41, 5.74) is 1.98. The molecule has 0 radical (unpaired) electrons. The number of hydrogen-bond acceptors (Lipinski definition) is 5. The number of carboxylic acids is 1. The predicted molar refractivity (Wildman–Crippen MR) is 86.5 cm³/mol. The van der Waals surface area contributed by atoms with Crippen molar-refractivity contribution < 1.29 is 23.8 Å². The van der Waals surface area contributed by atoms with Crippen molar-refractivity contribution in [2.45, 2.75) is 26.4 Å². The normalized spacial score (nSPS) is 10.4. The fourth-order valence-electron chi connectivity index (χ4n) is 2.29. The van der Waals surface area contributed by atoms with E-state index in [2.05, 4.69) is 12.2 Å². The van der Waals surface area contributed by atoms with Gasteiger partial charge in [-0.25, -0.2) is 4.79 Å². The number of aryl methyl sites for hydroxylation is 1. The Hall–Kier alpha value is -2.63. The van der Waals surface area contributed by atoms with Crippen molar-refractivity contribution in [3.8, 4) is 11.5 Å². The summed E-state index contributed by atoms with van der Waals surface area (Å²) in [6, 6.07) is 6.96. The van der Waals surface area contributed by atoms with Gasteiger partial charge in [0.2, 0.25) is 5.76 Å². The first-order valence-corrected chi connectivity index (χ1v) is 7.42. The molecule has 0 amide bonds. The molecule has 2 N–H and O–H groups in total. The van der Waals surface area contributed by atoms with Crippen LogP contribution in [0.5, 0.6) is 11.5 Å². The SMILES string of the molecule is CCCc1cc(NC)c(OCc2ccc(C(=O)O)o2)c(OC)c1. The van der Waals surface area contributed by atoms with Crippen LogP contribution in [0, 0.1) is 0 Å². The first-order chi connectivity index (χ1) is 11.1. The smallest absolute Gasteiger partial charge is 0.371 e. The zero-order chi connectivity index (χ0) is 16.8. The molecule has 1 aromatic heterocycles. The van der Waals surface area contributed by atoms with Crippen LogP contribution in [0.15, 0.2) is 28.7 Å². The van der Waals surface area contributed by atoms with Crippen molar-refractivity contribution in [2.24, 2.45) is 0 Å². The van der Waals surface area contributed by atoms with E-state index in [4.69, 9.17) is 19.0 Å². The molecule has 1 aromatic carbocycles. The molecule has 0 saturated heterocycles. The zero-order valence-electron chi connectivity index (χ0n) is 13.5. The van der Waals surface area contributed by atoms with Gasteiger partial charge in [0.1, 0.15) is 12.4 Å². The average molecular weight is 319 g/mol. The van der Waals surface area contributed by atoms with Crippen molar-refractivity contribution in [3.63, 3.8) is 0 Å². The van der Waals surface area contributed by atoms with Crippen LogP contribution >= 0.6 is 0 Å². The summed E-state index contributed by atoms with van der Waals surface area (Å²) in [4.78, 5) is 10.8. The Labute approximate surface area is 135 Å². The van der Waals surface area contributed by atoms with Crippen LogP contribution in [-0.2, 0) is 13.0 Å². The van der Waals surface area contributed by atoms with E-state index in [-0.39, 0.29) is 12.4 Å². The van der Waals surface area contributed by atoms with Crippen molar-refractivity contribution in [1.82, 2.24) is 0 Å². The van der Waals surface area contributed by atoms with Gasteiger partial charge in [-0.1, -0.05) is 13.3 Å². The third-order valence-electron chi connectivity index (χ3n) is 3.37. The lowest BCUT2D eigenvalue weighted by molar-refractivity contribution is 0.0658. The number of rotatable bonds is 8. The summed E-state index contributed by atoms with van der Waals surface area (Å²) in [5.74, 6) is 0.425. The number of ether oxygens (including phenoxy) is 2. The van der Waals surface area contributed by atoms with Crippen LogP contribution in [0.1, 0.15) is 35.2 Å². The highest BCUT2D eigenvalue weighted by atomic mass is 16.5. The van der Waals surface area contributed by atoms with E-state index in [0.717, 1.165) is 24.1 Å². The molecule has 0 spiro atoms. The van der Waals surface area contributed by atoms with Crippen molar-refractivity contribution >= 4 is 11.7 Å². The summed E-state index contributed by atoms with van der Waals surface area (Å²) < 4.78 is 16.4. The second kappa shape index (κ2) is 7.58. The summed E-state index contributed by atoms with van der Waals surface area (Å²) in [6.45, 7) is 2.23. The molecule has 0 aliphatic heterocycles. The van der Waals surface area contributed by atoms with E-state index in [1.807, 2.05) is 19.2 Å². The topological polar surface area (TPSA) is 80.9 Å². The van der Waals surface area contributed by atoms with Gasteiger partial charge in [0.05, 0.1) is 12.8 Å². The molecule has 0 atom stereocenters. The van der Waals surface area contributed by atoms with Crippen LogP contribution in [-0.4, -0.2) is 25.2 Å². The van der Waals surface area contributed by atoms with Gasteiger partial charge in [0, 0.05) is 7.05 Å². The average Bonchev–Trinajstić information content (AvgIpc) is 3.02. The molecule has 0 fully saturated rings. The quantitative estimate of drug-likeness (QED) is 0.774. The second-order valence-corrected chi connectivity index (χ2v) is 5.03. The number of carboxylic acid groups (broad SMARTS) is 1. The molecule has 2 aromatic rings. The van der Waals surface area contributed by atoms with E-state index in [1.54, 1.807) is 13.2 Å². The maximum atomic E-state index is 10.8. The van der Waals surface area contributed by atoms with E-state index in [9.17, 15) is 4.79 Å². The van der Waals surface area contributed by atoms with Crippen molar-refractivity contribution in [3.05, 3.63) is 41.3 Å². The summed E-state index contributed by atoms with van der Waals surface area (Å²) >= 11 is 0. The minimum atomic E-state index is -1.10. The zero-order valence-corrected chi connectivity index (χ0v) is 13.5. The number of methoxy groups -OCH3 is 1. The van der Waals surface area contributed by atoms with Gasteiger partial charge in [-0.3, -0.25) is 0 Å². The minimum Gasteiger partial charge on any atom is -0.493 e. The molecule has 0 aliphatic rings. The highest BCUT2D eigenvalue weighted by Crippen LogP contribution is 2.37. The molecule has 1 heterocycles. The number of benzene rings is 1. The molecular formula is C17H21NO5. The Kier molecular flexibility index (Phi) is 5.51. The maximum Gasteiger partial charge on any atom is 0.371 e. The monoisotopic (exact) mass is 319 g/mol. The van der Waals surface area contributed by atoms with Crippen LogP contribution in [0.2, 0.25) is 0 Å². The highest BCUT2D eigenvalue weighted by Gasteiger charge is 2.15. The first kappa shape index (κ1) is 16.7. The van der Waals surface area contributed by atoms with Gasteiger partial charge in [0.15, 0.2) is 11.5 Å². The lowest BCUT2D eigenvalue weighted by Gasteiger charge is -2.16. The van der Waals surface area contributed by atoms with Crippen LogP contribution in [0.4, 0.5) is 5.69 Å². The maximum absolute atomic E-state index is 10.8. The summed E-state index contributed by atoms with van der Waals surface area (Å²) in [5, 5.41) is 12.0. The van der Waals surface area contributed by atoms with Gasteiger partial charge in [-0.2, -0.15) is 0 Å². The minimum absolute atomic E-state index is 0.109. The number of furan rings is 1. The van der Waals surface area contributed by atoms with Crippen molar-refractivity contribution in [2.75, 3.05) is 19.5 Å². The largest absolute Gasteiger partial charge is 0.493 e. The first-order valence-electron chi connectivity index (χ1n) is 7.42. The molecule has 0 bridgehead atoms. The third kappa shape index (κ3) is 3.97. The standard InChI is InChI=1S/C17H21NO5/c1-4-5-11-8-13(18-2)16(15(9-11)21-3)22-10-12-6-7-14(23-12)17(19)20/h6-9,18H,4-5,10H2,1-3H3,(H,19,20). The van der Waals surface area contributed by atoms with Crippen LogP contribution in [0.25, 0.3) is 0 Å². The Morgan fingerprint density at radius 2 is 2.13 bits per heavy atom. The predicted octanol–water partition coefficient (Wildman–Crippen LogP) is 3.56. The lowest BCUT2D eigenvalue weighted by atomic mass is 10.1. The lowest BCUT2D eigenvalue weighted by Crippen LogP contribution is -2.02. The highest BCUT2D eigenvalue weighted by molar-refractivity contribution is 5.84. The molecule has 0 unspecified atom stereocenters. The van der Waals surface area contributed by atoms with Gasteiger partial charge < -0.3 is 24.3 Å². The molecule has 6 heteroatoms. The van der Waals surface area contributed by atoms with E-state index >= 15 is 0 Å². The number of anilines is 1. The van der Waals surface area contributed by atoms with Crippen molar-refractivity contribution in [1.29, 1.82) is 0 Å². The van der Waals surface area contributed by atoms with Gasteiger partial charge in [-0.05, 0) is 36.2 Å². The van der Waals surface area contributed by atoms with E-state index < -0.39 is 5.97 Å².